The Balaban J connectivity index is 2.75. The molecule has 0 saturated heterocycles. The molecule has 1 unspecified atom stereocenters. The molecule has 1 aromatic heterocycles. The van der Waals surface area contributed by atoms with Crippen LogP contribution in [0.1, 0.15) is 17.7 Å². The molecule has 5 heteroatoms. The first-order valence-corrected chi connectivity index (χ1v) is 5.48. The van der Waals surface area contributed by atoms with Crippen molar-refractivity contribution in [2.75, 3.05) is 5.75 Å². The van der Waals surface area contributed by atoms with Crippen LogP contribution >= 0.6 is 0 Å². The Labute approximate surface area is 77.8 Å². The first kappa shape index (κ1) is 8.62. The van der Waals surface area contributed by atoms with Crippen LogP contribution in [0.2, 0.25) is 0 Å². The van der Waals surface area contributed by atoms with Crippen molar-refractivity contribution >= 4 is 10.8 Å². The van der Waals surface area contributed by atoms with E-state index in [0.717, 1.165) is 24.1 Å². The zero-order valence-electron chi connectivity index (χ0n) is 7.29. The van der Waals surface area contributed by atoms with Crippen molar-refractivity contribution in [1.82, 2.24) is 10.2 Å². The Morgan fingerprint density at radius 3 is 3.00 bits per heavy atom. The van der Waals surface area contributed by atoms with Crippen LogP contribution in [0.3, 0.4) is 0 Å². The fourth-order valence-electron chi connectivity index (χ4n) is 1.57. The fraction of sp³-hybridized carbons (Fsp3) is 0.500. The quantitative estimate of drug-likeness (QED) is 0.644. The summed E-state index contributed by atoms with van der Waals surface area (Å²) in [7, 11) is -1.12. The van der Waals surface area contributed by atoms with E-state index in [1.165, 1.54) is 0 Å². The molecule has 1 N–H and O–H groups in total. The number of aromatic nitrogens is 2. The van der Waals surface area contributed by atoms with Crippen molar-refractivity contribution in [2.24, 2.45) is 0 Å². The number of fused-ring (bicyclic) bond motifs is 1. The lowest BCUT2D eigenvalue weighted by Crippen LogP contribution is -2.24. The van der Waals surface area contributed by atoms with E-state index >= 15 is 0 Å². The molecule has 0 aliphatic carbocycles. The van der Waals surface area contributed by atoms with E-state index in [2.05, 4.69) is 10.2 Å². The third-order valence-electron chi connectivity index (χ3n) is 2.23. The minimum absolute atomic E-state index is 0.293. The highest BCUT2D eigenvalue weighted by atomic mass is 32.2. The molecule has 2 heterocycles. The summed E-state index contributed by atoms with van der Waals surface area (Å²) in [4.78, 5) is 11.8. The smallest absolute Gasteiger partial charge is 0.267 e. The molecule has 0 radical (unpaired) electrons. The molecule has 13 heavy (non-hydrogen) atoms. The van der Waals surface area contributed by atoms with Crippen molar-refractivity contribution in [3.05, 3.63) is 21.6 Å². The number of aromatic amines is 1. The first-order chi connectivity index (χ1) is 6.20. The van der Waals surface area contributed by atoms with Gasteiger partial charge in [0.25, 0.3) is 5.56 Å². The third kappa shape index (κ3) is 1.33. The molecule has 1 atom stereocenters. The summed E-state index contributed by atoms with van der Waals surface area (Å²) in [6.07, 6.45) is 1.70. The summed E-state index contributed by atoms with van der Waals surface area (Å²) >= 11 is 0. The van der Waals surface area contributed by atoms with Crippen molar-refractivity contribution in [1.29, 1.82) is 0 Å². The number of aryl methyl sites for hydroxylation is 1. The lowest BCUT2D eigenvalue weighted by atomic mass is 10.1. The Morgan fingerprint density at radius 1 is 1.54 bits per heavy atom. The van der Waals surface area contributed by atoms with Crippen LogP contribution in [0.4, 0.5) is 0 Å². The van der Waals surface area contributed by atoms with E-state index in [-0.39, 0.29) is 5.56 Å². The third-order valence-corrected chi connectivity index (χ3v) is 3.77. The van der Waals surface area contributed by atoms with Crippen molar-refractivity contribution in [2.45, 2.75) is 24.7 Å². The molecule has 2 rings (SSSR count). The molecule has 4 nitrogen and oxygen atoms in total. The molecule has 0 aromatic carbocycles. The van der Waals surface area contributed by atoms with E-state index in [9.17, 15) is 9.00 Å². The molecule has 70 valence electrons. The van der Waals surface area contributed by atoms with Crippen LogP contribution in [-0.4, -0.2) is 20.2 Å². The van der Waals surface area contributed by atoms with Gasteiger partial charge in [-0.3, -0.25) is 9.00 Å². The minimum Gasteiger partial charge on any atom is -0.267 e. The number of nitrogens with one attached hydrogen (secondary N) is 1. The second-order valence-electron chi connectivity index (χ2n) is 3.10. The topological polar surface area (TPSA) is 62.8 Å². The van der Waals surface area contributed by atoms with Gasteiger partial charge >= 0.3 is 0 Å². The van der Waals surface area contributed by atoms with Gasteiger partial charge < -0.3 is 0 Å². The highest BCUT2D eigenvalue weighted by Gasteiger charge is 2.21. The predicted molar refractivity (Wildman–Crippen MR) is 49.2 cm³/mol. The molecule has 0 amide bonds. The van der Waals surface area contributed by atoms with Crippen molar-refractivity contribution < 1.29 is 4.21 Å². The van der Waals surface area contributed by atoms with Crippen LogP contribution < -0.4 is 5.56 Å². The average Bonchev–Trinajstić information content (AvgIpc) is 2.12. The van der Waals surface area contributed by atoms with Crippen LogP contribution in [0.5, 0.6) is 0 Å². The van der Waals surface area contributed by atoms with E-state index in [4.69, 9.17) is 0 Å². The van der Waals surface area contributed by atoms with Gasteiger partial charge in [0.2, 0.25) is 0 Å². The molecule has 0 fully saturated rings. The Hall–Kier alpha value is -0.970. The maximum Gasteiger partial charge on any atom is 0.280 e. The number of hydrogen-bond donors (Lipinski definition) is 1. The number of rotatable bonds is 0. The number of H-pyrrole nitrogens is 1. The summed E-state index contributed by atoms with van der Waals surface area (Å²) < 4.78 is 11.5. The highest BCUT2D eigenvalue weighted by Crippen LogP contribution is 2.19. The summed E-state index contributed by atoms with van der Waals surface area (Å²) in [5, 5.41) is 6.21. The maximum atomic E-state index is 11.5. The minimum atomic E-state index is -1.12. The van der Waals surface area contributed by atoms with Gasteiger partial charge in [0, 0.05) is 5.75 Å². The summed E-state index contributed by atoms with van der Waals surface area (Å²) in [6.45, 7) is 1.83. The van der Waals surface area contributed by atoms with Gasteiger partial charge in [-0.05, 0) is 25.3 Å². The average molecular weight is 198 g/mol. The van der Waals surface area contributed by atoms with E-state index in [1.54, 1.807) is 0 Å². The lowest BCUT2D eigenvalue weighted by Gasteiger charge is -2.14. The molecule has 1 aliphatic heterocycles. The predicted octanol–water partition coefficient (Wildman–Crippen LogP) is 0.132. The van der Waals surface area contributed by atoms with Gasteiger partial charge in [0.1, 0.15) is 4.90 Å². The van der Waals surface area contributed by atoms with Crippen LogP contribution in [-0.2, 0) is 17.2 Å². The number of nitrogens with zero attached hydrogens (tertiary/aromatic N) is 1. The van der Waals surface area contributed by atoms with Crippen LogP contribution in [0.15, 0.2) is 9.69 Å². The van der Waals surface area contributed by atoms with Gasteiger partial charge in [-0.25, -0.2) is 5.10 Å². The molecule has 1 aliphatic rings. The van der Waals surface area contributed by atoms with Gasteiger partial charge in [-0.1, -0.05) is 0 Å². The second kappa shape index (κ2) is 3.06. The summed E-state index contributed by atoms with van der Waals surface area (Å²) in [5.74, 6) is 0.597. The monoisotopic (exact) mass is 198 g/mol. The van der Waals surface area contributed by atoms with E-state index in [0.29, 0.717) is 10.6 Å². The standard InChI is InChI=1S/C8H10N2O2S/c1-5-6-3-2-4-13(12)7(6)8(11)10-9-5/h2-4H2,1H3,(H,10,11). The largest absolute Gasteiger partial charge is 0.280 e. The van der Waals surface area contributed by atoms with Gasteiger partial charge in [0.15, 0.2) is 0 Å². The lowest BCUT2D eigenvalue weighted by molar-refractivity contribution is 0.667. The van der Waals surface area contributed by atoms with Gasteiger partial charge in [-0.2, -0.15) is 5.10 Å². The number of hydrogen-bond acceptors (Lipinski definition) is 3. The first-order valence-electron chi connectivity index (χ1n) is 4.16. The SMILES string of the molecule is Cc1n[nH]c(=O)c2c1CCCS2=O. The highest BCUT2D eigenvalue weighted by molar-refractivity contribution is 7.85. The summed E-state index contributed by atoms with van der Waals surface area (Å²) in [6, 6.07) is 0. The van der Waals surface area contributed by atoms with Crippen LogP contribution in [0, 0.1) is 6.92 Å². The van der Waals surface area contributed by atoms with E-state index < -0.39 is 10.8 Å². The Kier molecular flexibility index (Phi) is 2.03. The van der Waals surface area contributed by atoms with Gasteiger partial charge in [0.05, 0.1) is 16.5 Å². The second-order valence-corrected chi connectivity index (χ2v) is 4.61. The van der Waals surface area contributed by atoms with Gasteiger partial charge in [-0.15, -0.1) is 0 Å². The molecular formula is C8H10N2O2S. The molecular weight excluding hydrogens is 188 g/mol. The molecule has 0 bridgehead atoms. The van der Waals surface area contributed by atoms with E-state index in [1.807, 2.05) is 6.92 Å². The molecule has 0 saturated carbocycles. The fourth-order valence-corrected chi connectivity index (χ4v) is 2.96. The summed E-state index contributed by atoms with van der Waals surface area (Å²) in [5.41, 5.74) is 1.38. The molecule has 0 spiro atoms. The Morgan fingerprint density at radius 2 is 2.31 bits per heavy atom. The van der Waals surface area contributed by atoms with Crippen molar-refractivity contribution in [3.63, 3.8) is 0 Å². The maximum absolute atomic E-state index is 11.5. The Bertz CT molecular complexity index is 425. The zero-order chi connectivity index (χ0) is 9.42. The molecule has 1 aromatic rings. The van der Waals surface area contributed by atoms with Crippen LogP contribution in [0.25, 0.3) is 0 Å². The zero-order valence-corrected chi connectivity index (χ0v) is 8.11. The normalized spacial score (nSPS) is 21.2. The van der Waals surface area contributed by atoms with Crippen molar-refractivity contribution in [3.8, 4) is 0 Å².